The number of benzene rings is 1. The van der Waals surface area contributed by atoms with E-state index in [1.807, 2.05) is 30.3 Å². The normalized spacial score (nSPS) is 30.4. The van der Waals surface area contributed by atoms with E-state index in [1.165, 1.54) is 19.3 Å². The number of piperidine rings is 1. The first-order chi connectivity index (χ1) is 13.8. The molecule has 3 aliphatic rings. The molecule has 3 N–H and O–H groups in total. The van der Waals surface area contributed by atoms with Gasteiger partial charge in [0, 0.05) is 23.7 Å². The number of fused-ring (bicyclic) bond motifs is 3. The first kappa shape index (κ1) is 18.1. The maximum atomic E-state index is 13.1. The van der Waals surface area contributed by atoms with Gasteiger partial charge >= 0.3 is 0 Å². The molecule has 5 rings (SSSR count). The highest BCUT2D eigenvalue weighted by atomic mass is 16.1. The van der Waals surface area contributed by atoms with Gasteiger partial charge in [-0.05, 0) is 80.9 Å². The van der Waals surface area contributed by atoms with E-state index in [2.05, 4.69) is 20.9 Å². The quantitative estimate of drug-likeness (QED) is 0.748. The summed E-state index contributed by atoms with van der Waals surface area (Å²) in [5.74, 6) is 2.25. The number of aromatic nitrogens is 1. The number of pyridine rings is 1. The summed E-state index contributed by atoms with van der Waals surface area (Å²) in [5.41, 5.74) is 0.523. The van der Waals surface area contributed by atoms with Gasteiger partial charge in [0.15, 0.2) is 0 Å². The largest absolute Gasteiger partial charge is 0.346 e. The van der Waals surface area contributed by atoms with Crippen LogP contribution >= 0.6 is 0 Å². The lowest BCUT2D eigenvalue weighted by atomic mass is 9.80. The van der Waals surface area contributed by atoms with Gasteiger partial charge in [0.25, 0.3) is 5.91 Å². The summed E-state index contributed by atoms with van der Waals surface area (Å²) < 4.78 is 0. The van der Waals surface area contributed by atoms with Crippen LogP contribution in [0, 0.1) is 17.8 Å². The Hall–Kier alpha value is -1.98. The molecule has 148 valence electrons. The summed E-state index contributed by atoms with van der Waals surface area (Å²) in [7, 11) is 0. The lowest BCUT2D eigenvalue weighted by molar-refractivity contribution is 0.0904. The van der Waals surface area contributed by atoms with Crippen LogP contribution in [0.5, 0.6) is 0 Å². The second kappa shape index (κ2) is 7.80. The zero-order valence-corrected chi connectivity index (χ0v) is 16.4. The highest BCUT2D eigenvalue weighted by Crippen LogP contribution is 2.42. The standard InChI is InChI=1S/C23H30N4O/c28-23(22-10-15-4-1-2-5-16(15)14-26-22)27-21(20-6-3-9-25-20)11-19-17-7-8-18(19)13-24-12-17/h1-2,4-5,10,14,17-21,24-25H,3,6-9,11-13H2,(H,27,28)/t17?,18?,19?,20-,21?/m0/s1. The number of carbonyl (C=O) groups is 1. The summed E-state index contributed by atoms with van der Waals surface area (Å²) in [6.07, 6.45) is 7.93. The number of nitrogens with zero attached hydrogens (tertiary/aromatic N) is 1. The van der Waals surface area contributed by atoms with Crippen LogP contribution in [0.2, 0.25) is 0 Å². The second-order valence-corrected chi connectivity index (χ2v) is 8.85. The second-order valence-electron chi connectivity index (χ2n) is 8.85. The monoisotopic (exact) mass is 378 g/mol. The average molecular weight is 379 g/mol. The Kier molecular flexibility index (Phi) is 5.03. The number of hydrogen-bond acceptors (Lipinski definition) is 4. The molecule has 2 aromatic rings. The lowest BCUT2D eigenvalue weighted by Crippen LogP contribution is -2.50. The Morgan fingerprint density at radius 2 is 1.93 bits per heavy atom. The third-order valence-corrected chi connectivity index (χ3v) is 7.22. The van der Waals surface area contributed by atoms with Gasteiger partial charge in [0.2, 0.25) is 0 Å². The minimum Gasteiger partial charge on any atom is -0.346 e. The van der Waals surface area contributed by atoms with Crippen LogP contribution in [0.15, 0.2) is 36.5 Å². The van der Waals surface area contributed by atoms with Gasteiger partial charge in [0.05, 0.1) is 0 Å². The Labute approximate surface area is 166 Å². The Morgan fingerprint density at radius 3 is 2.68 bits per heavy atom. The predicted molar refractivity (Wildman–Crippen MR) is 111 cm³/mol. The molecule has 2 aliphatic heterocycles. The molecule has 5 heteroatoms. The number of hydrogen-bond donors (Lipinski definition) is 3. The van der Waals surface area contributed by atoms with Gasteiger partial charge < -0.3 is 16.0 Å². The van der Waals surface area contributed by atoms with Crippen LogP contribution in [0.1, 0.15) is 42.6 Å². The molecule has 4 atom stereocenters. The molecule has 0 spiro atoms. The van der Waals surface area contributed by atoms with E-state index in [4.69, 9.17) is 0 Å². The van der Waals surface area contributed by atoms with Crippen molar-refractivity contribution in [2.45, 2.75) is 44.2 Å². The molecule has 3 unspecified atom stereocenters. The number of nitrogens with one attached hydrogen (secondary N) is 3. The predicted octanol–water partition coefficient (Wildman–Crippen LogP) is 2.72. The molecule has 3 heterocycles. The molecule has 0 radical (unpaired) electrons. The molecule has 3 fully saturated rings. The van der Waals surface area contributed by atoms with Crippen molar-refractivity contribution in [1.82, 2.24) is 20.9 Å². The zero-order valence-electron chi connectivity index (χ0n) is 16.4. The van der Waals surface area contributed by atoms with Gasteiger partial charge in [-0.2, -0.15) is 0 Å². The van der Waals surface area contributed by atoms with Gasteiger partial charge in [-0.3, -0.25) is 9.78 Å². The first-order valence-electron chi connectivity index (χ1n) is 10.9. The Bertz CT molecular complexity index is 831. The zero-order chi connectivity index (χ0) is 18.9. The van der Waals surface area contributed by atoms with E-state index in [0.29, 0.717) is 11.7 Å². The molecular formula is C23H30N4O. The summed E-state index contributed by atoms with van der Waals surface area (Å²) in [6.45, 7) is 3.35. The van der Waals surface area contributed by atoms with Crippen LogP contribution in [0.25, 0.3) is 10.8 Å². The highest BCUT2D eigenvalue weighted by Gasteiger charge is 2.41. The van der Waals surface area contributed by atoms with Crippen LogP contribution in [0.3, 0.4) is 0 Å². The Balaban J connectivity index is 1.34. The number of carbonyl (C=O) groups excluding carboxylic acids is 1. The van der Waals surface area contributed by atoms with Crippen LogP contribution in [-0.2, 0) is 0 Å². The number of rotatable bonds is 5. The van der Waals surface area contributed by atoms with E-state index in [1.54, 1.807) is 6.20 Å². The Morgan fingerprint density at radius 1 is 1.14 bits per heavy atom. The van der Waals surface area contributed by atoms with Crippen LogP contribution in [-0.4, -0.2) is 42.6 Å². The summed E-state index contributed by atoms with van der Waals surface area (Å²) >= 11 is 0. The van der Waals surface area contributed by atoms with Crippen molar-refractivity contribution in [3.8, 4) is 0 Å². The van der Waals surface area contributed by atoms with Crippen molar-refractivity contribution in [1.29, 1.82) is 0 Å². The maximum absolute atomic E-state index is 13.1. The molecule has 1 aliphatic carbocycles. The summed E-state index contributed by atoms with van der Waals surface area (Å²) in [4.78, 5) is 17.5. The van der Waals surface area contributed by atoms with Gasteiger partial charge in [-0.25, -0.2) is 0 Å². The first-order valence-corrected chi connectivity index (χ1v) is 10.9. The summed E-state index contributed by atoms with van der Waals surface area (Å²) in [6, 6.07) is 10.6. The van der Waals surface area contributed by atoms with Crippen molar-refractivity contribution in [2.24, 2.45) is 17.8 Å². The minimum atomic E-state index is -0.0364. The third-order valence-electron chi connectivity index (χ3n) is 7.22. The average Bonchev–Trinajstić information content (AvgIpc) is 3.32. The molecule has 2 bridgehead atoms. The van der Waals surface area contributed by atoms with E-state index in [9.17, 15) is 4.79 Å². The molecular weight excluding hydrogens is 348 g/mol. The van der Waals surface area contributed by atoms with Crippen molar-refractivity contribution in [3.05, 3.63) is 42.2 Å². The molecule has 28 heavy (non-hydrogen) atoms. The SMILES string of the molecule is O=C(NC(CC1C2CCC1CNC2)[C@@H]1CCCN1)c1cc2ccccc2cn1. The van der Waals surface area contributed by atoms with Crippen molar-refractivity contribution >= 4 is 16.7 Å². The maximum Gasteiger partial charge on any atom is 0.270 e. The van der Waals surface area contributed by atoms with Gasteiger partial charge in [0.1, 0.15) is 5.69 Å². The fourth-order valence-electron chi connectivity index (χ4n) is 5.71. The van der Waals surface area contributed by atoms with E-state index >= 15 is 0 Å². The molecule has 1 aromatic heterocycles. The van der Waals surface area contributed by atoms with Crippen molar-refractivity contribution in [3.63, 3.8) is 0 Å². The highest BCUT2D eigenvalue weighted by molar-refractivity contribution is 5.96. The topological polar surface area (TPSA) is 66.1 Å². The fraction of sp³-hybridized carbons (Fsp3) is 0.565. The lowest BCUT2D eigenvalue weighted by Gasteiger charge is -2.35. The van der Waals surface area contributed by atoms with Crippen LogP contribution in [0.4, 0.5) is 0 Å². The fourth-order valence-corrected chi connectivity index (χ4v) is 5.71. The minimum absolute atomic E-state index is 0.0364. The molecule has 1 aromatic carbocycles. The van der Waals surface area contributed by atoms with Crippen molar-refractivity contribution in [2.75, 3.05) is 19.6 Å². The number of amides is 1. The van der Waals surface area contributed by atoms with E-state index < -0.39 is 0 Å². The van der Waals surface area contributed by atoms with Gasteiger partial charge in [-0.15, -0.1) is 0 Å². The van der Waals surface area contributed by atoms with Gasteiger partial charge in [-0.1, -0.05) is 24.3 Å². The summed E-state index contributed by atoms with van der Waals surface area (Å²) in [5, 5.41) is 12.7. The smallest absolute Gasteiger partial charge is 0.270 e. The van der Waals surface area contributed by atoms with E-state index in [0.717, 1.165) is 61.0 Å². The van der Waals surface area contributed by atoms with E-state index in [-0.39, 0.29) is 11.9 Å². The van der Waals surface area contributed by atoms with Crippen LogP contribution < -0.4 is 16.0 Å². The molecule has 1 saturated carbocycles. The molecule has 2 saturated heterocycles. The van der Waals surface area contributed by atoms with Crippen molar-refractivity contribution < 1.29 is 4.79 Å². The molecule has 5 nitrogen and oxygen atoms in total. The third kappa shape index (κ3) is 3.53. The molecule has 1 amide bonds.